The number of carbonyl (C=O) groups excluding carboxylic acids is 2. The largest absolute Gasteiger partial charge is 0.484 e. The summed E-state index contributed by atoms with van der Waals surface area (Å²) in [7, 11) is 0. The fraction of sp³-hybridized carbons (Fsp3) is 0.391. The number of benzene rings is 2. The van der Waals surface area contributed by atoms with Crippen LogP contribution in [0, 0.1) is 6.92 Å². The molecule has 0 fully saturated rings. The van der Waals surface area contributed by atoms with Crippen LogP contribution in [0.2, 0.25) is 10.0 Å². The Hall–Kier alpha value is -2.24. The molecule has 0 unspecified atom stereocenters. The maximum absolute atomic E-state index is 13.1. The Bertz CT molecular complexity index is 869. The minimum atomic E-state index is -0.645. The van der Waals surface area contributed by atoms with Crippen LogP contribution in [0.1, 0.15) is 38.3 Å². The number of aryl methyl sites for hydroxylation is 1. The summed E-state index contributed by atoms with van der Waals surface area (Å²) in [4.78, 5) is 27.4. The molecular formula is C23H28Cl2N2O3. The molecule has 0 bridgehead atoms. The SMILES string of the molecule is CC[C@@H](C(=O)NC(C)C)N(Cc1ccc(Cl)cc1Cl)C(=O)COc1ccc(C)cc1. The van der Waals surface area contributed by atoms with E-state index < -0.39 is 6.04 Å². The predicted molar refractivity (Wildman–Crippen MR) is 121 cm³/mol. The zero-order chi connectivity index (χ0) is 22.3. The van der Waals surface area contributed by atoms with E-state index in [2.05, 4.69) is 5.32 Å². The maximum Gasteiger partial charge on any atom is 0.261 e. The first-order valence-corrected chi connectivity index (χ1v) is 10.7. The van der Waals surface area contributed by atoms with Crippen molar-refractivity contribution in [2.45, 2.75) is 52.7 Å². The van der Waals surface area contributed by atoms with E-state index in [4.69, 9.17) is 27.9 Å². The smallest absolute Gasteiger partial charge is 0.261 e. The van der Waals surface area contributed by atoms with Crippen LogP contribution in [0.4, 0.5) is 0 Å². The van der Waals surface area contributed by atoms with Gasteiger partial charge in [-0.15, -0.1) is 0 Å². The maximum atomic E-state index is 13.1. The lowest BCUT2D eigenvalue weighted by Crippen LogP contribution is -2.51. The normalized spacial score (nSPS) is 11.8. The fourth-order valence-electron chi connectivity index (χ4n) is 3.00. The average Bonchev–Trinajstić information content (AvgIpc) is 2.68. The van der Waals surface area contributed by atoms with Crippen LogP contribution in [-0.2, 0) is 16.1 Å². The Morgan fingerprint density at radius 1 is 1.10 bits per heavy atom. The van der Waals surface area contributed by atoms with Gasteiger partial charge >= 0.3 is 0 Å². The van der Waals surface area contributed by atoms with E-state index in [-0.39, 0.29) is 31.0 Å². The second kappa shape index (κ2) is 11.2. The summed E-state index contributed by atoms with van der Waals surface area (Å²) in [6, 6.07) is 11.9. The molecule has 2 aromatic rings. The van der Waals surface area contributed by atoms with Gasteiger partial charge in [-0.25, -0.2) is 0 Å². The van der Waals surface area contributed by atoms with Gasteiger partial charge in [-0.1, -0.05) is 53.9 Å². The quantitative estimate of drug-likeness (QED) is 0.583. The highest BCUT2D eigenvalue weighted by atomic mass is 35.5. The Balaban J connectivity index is 2.24. The summed E-state index contributed by atoms with van der Waals surface area (Å²) < 4.78 is 5.67. The highest BCUT2D eigenvalue weighted by molar-refractivity contribution is 6.35. The molecule has 0 aliphatic carbocycles. The van der Waals surface area contributed by atoms with Crippen molar-refractivity contribution in [2.24, 2.45) is 0 Å². The minimum absolute atomic E-state index is 0.0357. The molecule has 0 aliphatic heterocycles. The van der Waals surface area contributed by atoms with Gasteiger partial charge in [-0.2, -0.15) is 0 Å². The van der Waals surface area contributed by atoms with Crippen molar-refractivity contribution < 1.29 is 14.3 Å². The lowest BCUT2D eigenvalue weighted by Gasteiger charge is -2.31. The summed E-state index contributed by atoms with van der Waals surface area (Å²) in [6.07, 6.45) is 0.458. The number of halogens is 2. The van der Waals surface area contributed by atoms with E-state index in [1.54, 1.807) is 18.2 Å². The summed E-state index contributed by atoms with van der Waals surface area (Å²) in [5, 5.41) is 3.84. The number of amides is 2. The van der Waals surface area contributed by atoms with Gasteiger partial charge in [0.05, 0.1) is 0 Å². The Labute approximate surface area is 188 Å². The monoisotopic (exact) mass is 450 g/mol. The van der Waals surface area contributed by atoms with Crippen LogP contribution in [0.5, 0.6) is 5.75 Å². The van der Waals surface area contributed by atoms with Gasteiger partial charge in [0.15, 0.2) is 6.61 Å². The van der Waals surface area contributed by atoms with Gasteiger partial charge < -0.3 is 15.0 Å². The first-order valence-electron chi connectivity index (χ1n) is 9.94. The molecule has 1 N–H and O–H groups in total. The van der Waals surface area contributed by atoms with Crippen molar-refractivity contribution in [3.63, 3.8) is 0 Å². The molecule has 2 aromatic carbocycles. The third kappa shape index (κ3) is 6.92. The highest BCUT2D eigenvalue weighted by Crippen LogP contribution is 2.24. The molecule has 2 rings (SSSR count). The molecule has 0 radical (unpaired) electrons. The van der Waals surface area contributed by atoms with Crippen molar-refractivity contribution in [1.82, 2.24) is 10.2 Å². The third-order valence-electron chi connectivity index (χ3n) is 4.56. The van der Waals surface area contributed by atoms with Crippen LogP contribution in [0.25, 0.3) is 0 Å². The van der Waals surface area contributed by atoms with Gasteiger partial charge in [0.1, 0.15) is 11.8 Å². The van der Waals surface area contributed by atoms with Crippen LogP contribution in [0.15, 0.2) is 42.5 Å². The molecule has 0 heterocycles. The Morgan fingerprint density at radius 3 is 2.33 bits per heavy atom. The van der Waals surface area contributed by atoms with E-state index in [0.29, 0.717) is 27.8 Å². The number of hydrogen-bond donors (Lipinski definition) is 1. The molecule has 5 nitrogen and oxygen atoms in total. The summed E-state index contributed by atoms with van der Waals surface area (Å²) in [6.45, 7) is 7.61. The molecule has 0 saturated carbocycles. The van der Waals surface area contributed by atoms with Crippen molar-refractivity contribution >= 4 is 35.0 Å². The molecular weight excluding hydrogens is 423 g/mol. The molecule has 2 amide bonds. The molecule has 1 atom stereocenters. The van der Waals surface area contributed by atoms with E-state index >= 15 is 0 Å². The van der Waals surface area contributed by atoms with Gasteiger partial charge in [-0.05, 0) is 57.0 Å². The molecule has 0 spiro atoms. The molecule has 0 aromatic heterocycles. The lowest BCUT2D eigenvalue weighted by molar-refractivity contribution is -0.143. The first-order chi connectivity index (χ1) is 14.2. The summed E-state index contributed by atoms with van der Waals surface area (Å²) >= 11 is 12.3. The average molecular weight is 451 g/mol. The van der Waals surface area contributed by atoms with E-state index in [9.17, 15) is 9.59 Å². The number of hydrogen-bond acceptors (Lipinski definition) is 3. The predicted octanol–water partition coefficient (Wildman–Crippen LogP) is 5.01. The lowest BCUT2D eigenvalue weighted by atomic mass is 10.1. The molecule has 7 heteroatoms. The fourth-order valence-corrected chi connectivity index (χ4v) is 3.46. The van der Waals surface area contributed by atoms with Gasteiger partial charge in [0, 0.05) is 22.6 Å². The molecule has 0 aliphatic rings. The van der Waals surface area contributed by atoms with Crippen molar-refractivity contribution in [1.29, 1.82) is 0 Å². The first kappa shape index (κ1) is 24.0. The topological polar surface area (TPSA) is 58.6 Å². The number of ether oxygens (including phenoxy) is 1. The number of nitrogens with zero attached hydrogens (tertiary/aromatic N) is 1. The van der Waals surface area contributed by atoms with Gasteiger partial charge in [0.2, 0.25) is 5.91 Å². The van der Waals surface area contributed by atoms with E-state index in [0.717, 1.165) is 5.56 Å². The van der Waals surface area contributed by atoms with E-state index in [1.165, 1.54) is 4.90 Å². The second-order valence-corrected chi connectivity index (χ2v) is 8.29. The molecule has 162 valence electrons. The van der Waals surface area contributed by atoms with Crippen molar-refractivity contribution in [3.8, 4) is 5.75 Å². The number of nitrogens with one attached hydrogen (secondary N) is 1. The number of rotatable bonds is 9. The molecule has 0 saturated heterocycles. The van der Waals surface area contributed by atoms with Crippen molar-refractivity contribution in [3.05, 3.63) is 63.6 Å². The van der Waals surface area contributed by atoms with Crippen LogP contribution < -0.4 is 10.1 Å². The standard InChI is InChI=1S/C23H28Cl2N2O3/c1-5-21(23(29)26-15(2)3)27(13-17-8-9-18(24)12-20(17)25)22(28)14-30-19-10-6-16(4)7-11-19/h6-12,15,21H,5,13-14H2,1-4H3,(H,26,29)/t21-/m0/s1. The highest BCUT2D eigenvalue weighted by Gasteiger charge is 2.29. The summed E-state index contributed by atoms with van der Waals surface area (Å²) in [5.41, 5.74) is 1.81. The molecule has 30 heavy (non-hydrogen) atoms. The second-order valence-electron chi connectivity index (χ2n) is 7.45. The minimum Gasteiger partial charge on any atom is -0.484 e. The van der Waals surface area contributed by atoms with Crippen LogP contribution >= 0.6 is 23.2 Å². The summed E-state index contributed by atoms with van der Waals surface area (Å²) in [5.74, 6) is 0.0896. The third-order valence-corrected chi connectivity index (χ3v) is 5.14. The van der Waals surface area contributed by atoms with Gasteiger partial charge in [0.25, 0.3) is 5.91 Å². The van der Waals surface area contributed by atoms with E-state index in [1.807, 2.05) is 52.0 Å². The zero-order valence-electron chi connectivity index (χ0n) is 17.7. The van der Waals surface area contributed by atoms with Gasteiger partial charge in [-0.3, -0.25) is 9.59 Å². The Morgan fingerprint density at radius 2 is 1.77 bits per heavy atom. The number of carbonyl (C=O) groups is 2. The van der Waals surface area contributed by atoms with Crippen molar-refractivity contribution in [2.75, 3.05) is 6.61 Å². The Kier molecular flexibility index (Phi) is 9.00. The van der Waals surface area contributed by atoms with Crippen LogP contribution in [0.3, 0.4) is 0 Å². The van der Waals surface area contributed by atoms with Crippen LogP contribution in [-0.4, -0.2) is 35.4 Å². The zero-order valence-corrected chi connectivity index (χ0v) is 19.3.